The minimum atomic E-state index is -0.846. The third kappa shape index (κ3) is 4.12. The summed E-state index contributed by atoms with van der Waals surface area (Å²) in [6.07, 6.45) is 3.72. The van der Waals surface area contributed by atoms with E-state index in [1.807, 2.05) is 0 Å². The molecule has 0 aliphatic carbocycles. The highest BCUT2D eigenvalue weighted by atomic mass is 16.4. The Hall–Kier alpha value is -1.85. The molecule has 6 heteroatoms. The van der Waals surface area contributed by atoms with Gasteiger partial charge in [0.05, 0.1) is 5.92 Å². The fourth-order valence-corrected chi connectivity index (χ4v) is 1.15. The summed E-state index contributed by atoms with van der Waals surface area (Å²) in [7, 11) is 0. The van der Waals surface area contributed by atoms with E-state index in [-0.39, 0.29) is 12.5 Å². The first kappa shape index (κ1) is 12.2. The second kappa shape index (κ2) is 5.89. The Bertz CT molecular complexity index is 348. The highest BCUT2D eigenvalue weighted by Crippen LogP contribution is 1.99. The third-order valence-corrected chi connectivity index (χ3v) is 2.19. The molecule has 1 aromatic rings. The molecule has 0 bridgehead atoms. The number of carbonyl (C=O) groups is 2. The van der Waals surface area contributed by atoms with Gasteiger partial charge in [0.15, 0.2) is 0 Å². The number of nitrogens with one attached hydrogen (secondary N) is 1. The van der Waals surface area contributed by atoms with Crippen LogP contribution in [0.5, 0.6) is 0 Å². The van der Waals surface area contributed by atoms with Crippen molar-refractivity contribution in [1.29, 1.82) is 0 Å². The smallest absolute Gasteiger partial charge is 0.306 e. The van der Waals surface area contributed by atoms with E-state index in [9.17, 15) is 9.59 Å². The summed E-state index contributed by atoms with van der Waals surface area (Å²) >= 11 is 0. The number of carbonyl (C=O) groups excluding carboxylic acids is 1. The molecule has 0 radical (unpaired) electrons. The molecule has 2 N–H and O–H groups in total. The predicted molar refractivity (Wildman–Crippen MR) is 56.7 cm³/mol. The third-order valence-electron chi connectivity index (χ3n) is 2.19. The van der Waals surface area contributed by atoms with Crippen molar-refractivity contribution in [3.05, 3.63) is 18.5 Å². The first-order valence-corrected chi connectivity index (χ1v) is 5.06. The van der Waals surface area contributed by atoms with Crippen LogP contribution in [-0.4, -0.2) is 33.3 Å². The van der Waals surface area contributed by atoms with E-state index in [2.05, 4.69) is 10.4 Å². The van der Waals surface area contributed by atoms with Crippen molar-refractivity contribution in [3.63, 3.8) is 0 Å². The van der Waals surface area contributed by atoms with Crippen molar-refractivity contribution in [2.24, 2.45) is 5.92 Å². The number of aromatic nitrogens is 2. The number of amides is 1. The molecule has 1 unspecified atom stereocenters. The van der Waals surface area contributed by atoms with Gasteiger partial charge < -0.3 is 10.4 Å². The molecule has 0 aromatic carbocycles. The zero-order chi connectivity index (χ0) is 12.0. The van der Waals surface area contributed by atoms with E-state index in [1.54, 1.807) is 25.4 Å². The molecule has 0 spiro atoms. The Labute approximate surface area is 93.3 Å². The number of hydrogen-bond donors (Lipinski definition) is 2. The van der Waals surface area contributed by atoms with Crippen molar-refractivity contribution in [3.8, 4) is 0 Å². The normalized spacial score (nSPS) is 12.1. The summed E-state index contributed by atoms with van der Waals surface area (Å²) in [5.74, 6) is -1.45. The molecule has 0 saturated heterocycles. The molecule has 1 aromatic heterocycles. The minimum Gasteiger partial charge on any atom is -0.481 e. The zero-order valence-electron chi connectivity index (χ0n) is 9.09. The van der Waals surface area contributed by atoms with E-state index < -0.39 is 11.9 Å². The fraction of sp³-hybridized carbons (Fsp3) is 0.500. The van der Waals surface area contributed by atoms with Gasteiger partial charge in [-0.15, -0.1) is 0 Å². The molecule has 16 heavy (non-hydrogen) atoms. The number of carboxylic acids is 1. The SMILES string of the molecule is CC(CCNC(=O)Cn1cccn1)C(=O)O. The van der Waals surface area contributed by atoms with Crippen LogP contribution in [0.1, 0.15) is 13.3 Å². The Morgan fingerprint density at radius 3 is 2.88 bits per heavy atom. The number of rotatable bonds is 6. The van der Waals surface area contributed by atoms with Crippen LogP contribution in [0.15, 0.2) is 18.5 Å². The molecular formula is C10H15N3O3. The van der Waals surface area contributed by atoms with Gasteiger partial charge in [-0.25, -0.2) is 0 Å². The maximum absolute atomic E-state index is 11.3. The monoisotopic (exact) mass is 225 g/mol. The topological polar surface area (TPSA) is 84.2 Å². The quantitative estimate of drug-likeness (QED) is 0.719. The highest BCUT2D eigenvalue weighted by Gasteiger charge is 2.10. The van der Waals surface area contributed by atoms with Crippen molar-refractivity contribution < 1.29 is 14.7 Å². The Kier molecular flexibility index (Phi) is 4.50. The van der Waals surface area contributed by atoms with Crippen LogP contribution in [0.25, 0.3) is 0 Å². The van der Waals surface area contributed by atoms with Gasteiger partial charge >= 0.3 is 5.97 Å². The van der Waals surface area contributed by atoms with Gasteiger partial charge in [0.2, 0.25) is 5.91 Å². The lowest BCUT2D eigenvalue weighted by atomic mass is 10.1. The van der Waals surface area contributed by atoms with Crippen LogP contribution >= 0.6 is 0 Å². The van der Waals surface area contributed by atoms with Gasteiger partial charge in [0.1, 0.15) is 6.54 Å². The van der Waals surface area contributed by atoms with E-state index >= 15 is 0 Å². The first-order valence-electron chi connectivity index (χ1n) is 5.06. The van der Waals surface area contributed by atoms with Gasteiger partial charge in [-0.05, 0) is 12.5 Å². The molecule has 1 rings (SSSR count). The van der Waals surface area contributed by atoms with Gasteiger partial charge in [-0.3, -0.25) is 14.3 Å². The summed E-state index contributed by atoms with van der Waals surface area (Å²) in [6.45, 7) is 2.14. The zero-order valence-corrected chi connectivity index (χ0v) is 9.09. The van der Waals surface area contributed by atoms with Crippen molar-refractivity contribution >= 4 is 11.9 Å². The summed E-state index contributed by atoms with van der Waals surface area (Å²) < 4.78 is 1.51. The average molecular weight is 225 g/mol. The van der Waals surface area contributed by atoms with Crippen LogP contribution in [0, 0.1) is 5.92 Å². The maximum Gasteiger partial charge on any atom is 0.306 e. The van der Waals surface area contributed by atoms with Crippen molar-refractivity contribution in [2.75, 3.05) is 6.54 Å². The number of aliphatic carboxylic acids is 1. The van der Waals surface area contributed by atoms with Gasteiger partial charge in [-0.2, -0.15) is 5.10 Å². The summed E-state index contributed by atoms with van der Waals surface area (Å²) in [6, 6.07) is 1.74. The van der Waals surface area contributed by atoms with E-state index in [0.29, 0.717) is 13.0 Å². The van der Waals surface area contributed by atoms with E-state index in [0.717, 1.165) is 0 Å². The lowest BCUT2D eigenvalue weighted by Crippen LogP contribution is -2.30. The van der Waals surface area contributed by atoms with Gasteiger partial charge in [0, 0.05) is 18.9 Å². The Balaban J connectivity index is 2.18. The first-order chi connectivity index (χ1) is 7.59. The van der Waals surface area contributed by atoms with Gasteiger partial charge in [0.25, 0.3) is 0 Å². The Morgan fingerprint density at radius 1 is 1.56 bits per heavy atom. The minimum absolute atomic E-state index is 0.161. The van der Waals surface area contributed by atoms with Crippen LogP contribution in [0.4, 0.5) is 0 Å². The van der Waals surface area contributed by atoms with E-state index in [4.69, 9.17) is 5.11 Å². The maximum atomic E-state index is 11.3. The summed E-state index contributed by atoms with van der Waals surface area (Å²) in [5.41, 5.74) is 0. The van der Waals surface area contributed by atoms with Crippen molar-refractivity contribution in [1.82, 2.24) is 15.1 Å². The van der Waals surface area contributed by atoms with Crippen LogP contribution < -0.4 is 5.32 Å². The fourth-order valence-electron chi connectivity index (χ4n) is 1.15. The molecule has 0 saturated carbocycles. The molecular weight excluding hydrogens is 210 g/mol. The van der Waals surface area contributed by atoms with Crippen LogP contribution in [0.3, 0.4) is 0 Å². The second-order valence-electron chi connectivity index (χ2n) is 3.58. The number of hydrogen-bond acceptors (Lipinski definition) is 3. The highest BCUT2D eigenvalue weighted by molar-refractivity contribution is 5.75. The summed E-state index contributed by atoms with van der Waals surface area (Å²) in [5, 5.41) is 15.2. The standard InChI is InChI=1S/C10H15N3O3/c1-8(10(15)16)3-5-11-9(14)7-13-6-2-4-12-13/h2,4,6,8H,3,5,7H2,1H3,(H,11,14)(H,15,16). The average Bonchev–Trinajstić information content (AvgIpc) is 2.70. The molecule has 1 atom stereocenters. The van der Waals surface area contributed by atoms with E-state index in [1.165, 1.54) is 4.68 Å². The molecule has 0 aliphatic heterocycles. The van der Waals surface area contributed by atoms with Crippen molar-refractivity contribution in [2.45, 2.75) is 19.9 Å². The number of nitrogens with zero attached hydrogens (tertiary/aromatic N) is 2. The molecule has 0 aliphatic rings. The number of carboxylic acid groups (broad SMARTS) is 1. The molecule has 1 heterocycles. The Morgan fingerprint density at radius 2 is 2.31 bits per heavy atom. The largest absolute Gasteiger partial charge is 0.481 e. The van der Waals surface area contributed by atoms with Crippen LogP contribution in [-0.2, 0) is 16.1 Å². The lowest BCUT2D eigenvalue weighted by molar-refractivity contribution is -0.141. The van der Waals surface area contributed by atoms with Crippen LogP contribution in [0.2, 0.25) is 0 Å². The predicted octanol–water partition coefficient (Wildman–Crippen LogP) is 0.110. The molecule has 1 amide bonds. The lowest BCUT2D eigenvalue weighted by Gasteiger charge is -2.07. The summed E-state index contributed by atoms with van der Waals surface area (Å²) in [4.78, 5) is 21.8. The molecule has 88 valence electrons. The van der Waals surface area contributed by atoms with Gasteiger partial charge in [-0.1, -0.05) is 6.92 Å². The second-order valence-corrected chi connectivity index (χ2v) is 3.58. The molecule has 6 nitrogen and oxygen atoms in total. The molecule has 0 fully saturated rings.